The van der Waals surface area contributed by atoms with Crippen molar-refractivity contribution < 1.29 is 19.0 Å². The van der Waals surface area contributed by atoms with E-state index < -0.39 is 12.1 Å². The molecule has 0 fully saturated rings. The molecule has 0 amide bonds. The minimum Gasteiger partial charge on any atom is -0.493 e. The monoisotopic (exact) mass is 479 g/mol. The van der Waals surface area contributed by atoms with Crippen molar-refractivity contribution in [3.63, 3.8) is 0 Å². The molecule has 1 atom stereocenters. The normalized spacial score (nSPS) is 12.6. The summed E-state index contributed by atoms with van der Waals surface area (Å²) in [4.78, 5) is 11.6. The summed E-state index contributed by atoms with van der Waals surface area (Å²) in [6, 6.07) is 13.4. The van der Waals surface area contributed by atoms with Crippen LogP contribution in [0.5, 0.6) is 11.5 Å². The van der Waals surface area contributed by atoms with E-state index in [9.17, 15) is 4.79 Å². The molecule has 9 heteroatoms. The molecule has 0 saturated carbocycles. The second kappa shape index (κ2) is 11.5. The summed E-state index contributed by atoms with van der Waals surface area (Å²) < 4.78 is 16.3. The number of hydrogen-bond acceptors (Lipinski definition) is 7. The molecule has 2 aromatic carbocycles. The topological polar surface area (TPSA) is 95.5 Å². The van der Waals surface area contributed by atoms with Crippen molar-refractivity contribution in [1.82, 2.24) is 0 Å². The lowest BCUT2D eigenvalue weighted by molar-refractivity contribution is -0.147. The van der Waals surface area contributed by atoms with Crippen LogP contribution in [0.2, 0.25) is 0 Å². The Balaban J connectivity index is 2.06. The van der Waals surface area contributed by atoms with E-state index in [-0.39, 0.29) is 0 Å². The predicted octanol–water partition coefficient (Wildman–Crippen LogP) is 3.98. The maximum Gasteiger partial charge on any atom is 0.346 e. The zero-order valence-corrected chi connectivity index (χ0v) is 18.7. The Morgan fingerprint density at radius 3 is 2.62 bits per heavy atom. The molecule has 0 heterocycles. The van der Waals surface area contributed by atoms with Crippen molar-refractivity contribution in [2.24, 2.45) is 15.9 Å². The molecule has 0 aliphatic rings. The van der Waals surface area contributed by atoms with Crippen molar-refractivity contribution in [3.05, 3.63) is 58.1 Å². The highest BCUT2D eigenvalue weighted by molar-refractivity contribution is 9.10. The summed E-state index contributed by atoms with van der Waals surface area (Å²) in [5.41, 5.74) is 7.77. The van der Waals surface area contributed by atoms with Gasteiger partial charge in [0.1, 0.15) is 0 Å². The van der Waals surface area contributed by atoms with Gasteiger partial charge in [0, 0.05) is 15.8 Å². The third-order valence-corrected chi connectivity index (χ3v) is 5.24. The number of hydrogen-bond donors (Lipinski definition) is 1. The third kappa shape index (κ3) is 7.10. The van der Waals surface area contributed by atoms with Crippen LogP contribution in [0.4, 0.5) is 0 Å². The fourth-order valence-electron chi connectivity index (χ4n) is 2.21. The molecular weight excluding hydrogens is 458 g/mol. The van der Waals surface area contributed by atoms with E-state index in [1.807, 2.05) is 30.3 Å². The van der Waals surface area contributed by atoms with Gasteiger partial charge in [0.2, 0.25) is 0 Å². The van der Waals surface area contributed by atoms with Gasteiger partial charge in [-0.25, -0.2) is 4.79 Å². The van der Waals surface area contributed by atoms with E-state index in [0.717, 1.165) is 5.56 Å². The molecule has 0 aliphatic carbocycles. The van der Waals surface area contributed by atoms with Gasteiger partial charge in [-0.15, -0.1) is 5.10 Å². The van der Waals surface area contributed by atoms with E-state index in [2.05, 4.69) is 30.9 Å². The lowest BCUT2D eigenvalue weighted by Crippen LogP contribution is -2.25. The lowest BCUT2D eigenvalue weighted by atomic mass is 10.2. The van der Waals surface area contributed by atoms with Gasteiger partial charge in [-0.05, 0) is 40.5 Å². The van der Waals surface area contributed by atoms with Crippen LogP contribution in [0.1, 0.15) is 18.1 Å². The molecule has 29 heavy (non-hydrogen) atoms. The number of rotatable bonds is 8. The summed E-state index contributed by atoms with van der Waals surface area (Å²) in [6.45, 7) is 1.60. The number of amidine groups is 1. The lowest BCUT2D eigenvalue weighted by Gasteiger charge is -2.16. The zero-order chi connectivity index (χ0) is 21.2. The standard InChI is InChI=1S/C20H22BrN3O4S/c1-13(19(25)27-3)28-18-10-16(21)15(9-17(18)26-2)11-23-24-20(22)29-12-14-7-5-4-6-8-14/h4-11,13H,12H2,1-3H3,(H2,22,24). The summed E-state index contributed by atoms with van der Waals surface area (Å²) in [6.07, 6.45) is 0.780. The molecular formula is C20H22BrN3O4S. The highest BCUT2D eigenvalue weighted by Crippen LogP contribution is 2.33. The van der Waals surface area contributed by atoms with E-state index >= 15 is 0 Å². The van der Waals surface area contributed by atoms with Crippen LogP contribution in [0.15, 0.2) is 57.1 Å². The van der Waals surface area contributed by atoms with Crippen LogP contribution in [-0.4, -0.2) is 37.7 Å². The maximum absolute atomic E-state index is 11.6. The fourth-order valence-corrected chi connectivity index (χ4v) is 3.25. The quantitative estimate of drug-likeness (QED) is 0.266. The Morgan fingerprint density at radius 2 is 1.97 bits per heavy atom. The first kappa shape index (κ1) is 22.8. The van der Waals surface area contributed by atoms with Gasteiger partial charge in [0.15, 0.2) is 22.8 Å². The minimum absolute atomic E-state index is 0.361. The summed E-state index contributed by atoms with van der Waals surface area (Å²) in [7, 11) is 2.81. The van der Waals surface area contributed by atoms with Crippen molar-refractivity contribution in [3.8, 4) is 11.5 Å². The van der Waals surface area contributed by atoms with Crippen molar-refractivity contribution in [2.75, 3.05) is 14.2 Å². The molecule has 2 rings (SSSR count). The number of esters is 1. The Bertz CT molecular complexity index is 891. The summed E-state index contributed by atoms with van der Waals surface area (Å²) in [5.74, 6) is 1.08. The van der Waals surface area contributed by atoms with Crippen LogP contribution in [0.25, 0.3) is 0 Å². The Hall–Kier alpha value is -2.52. The Labute approximate surface area is 182 Å². The number of benzene rings is 2. The first-order chi connectivity index (χ1) is 13.9. The first-order valence-corrected chi connectivity index (χ1v) is 10.4. The van der Waals surface area contributed by atoms with Crippen LogP contribution in [-0.2, 0) is 15.3 Å². The molecule has 2 aromatic rings. The second-order valence-corrected chi connectivity index (χ2v) is 7.61. The van der Waals surface area contributed by atoms with Crippen LogP contribution < -0.4 is 15.2 Å². The van der Waals surface area contributed by atoms with Crippen molar-refractivity contribution in [1.29, 1.82) is 0 Å². The van der Waals surface area contributed by atoms with Crippen LogP contribution in [0.3, 0.4) is 0 Å². The van der Waals surface area contributed by atoms with Crippen LogP contribution in [0, 0.1) is 0 Å². The van der Waals surface area contributed by atoms with Crippen LogP contribution >= 0.6 is 27.7 Å². The van der Waals surface area contributed by atoms with Gasteiger partial charge in [0.25, 0.3) is 0 Å². The zero-order valence-electron chi connectivity index (χ0n) is 16.3. The number of nitrogens with two attached hydrogens (primary N) is 1. The number of thioether (sulfide) groups is 1. The van der Waals surface area contributed by atoms with Gasteiger partial charge in [0.05, 0.1) is 20.4 Å². The Morgan fingerprint density at radius 1 is 1.24 bits per heavy atom. The van der Waals surface area contributed by atoms with Crippen molar-refractivity contribution >= 4 is 45.0 Å². The minimum atomic E-state index is -0.772. The number of carbonyl (C=O) groups is 1. The highest BCUT2D eigenvalue weighted by Gasteiger charge is 2.18. The molecule has 0 radical (unpaired) electrons. The van der Waals surface area contributed by atoms with Gasteiger partial charge in [-0.2, -0.15) is 5.10 Å². The smallest absolute Gasteiger partial charge is 0.346 e. The van der Waals surface area contributed by atoms with Gasteiger partial charge in [-0.3, -0.25) is 0 Å². The molecule has 1 unspecified atom stereocenters. The molecule has 0 bridgehead atoms. The first-order valence-electron chi connectivity index (χ1n) is 8.59. The molecule has 0 spiro atoms. The Kier molecular flexibility index (Phi) is 9.01. The number of halogens is 1. The SMILES string of the molecule is COC(=O)C(C)Oc1cc(Br)c(C=NN=C(N)SCc2ccccc2)cc1OC. The van der Waals surface area contributed by atoms with E-state index in [1.54, 1.807) is 25.3 Å². The van der Waals surface area contributed by atoms with Gasteiger partial charge < -0.3 is 19.9 Å². The summed E-state index contributed by atoms with van der Waals surface area (Å²) in [5, 5.41) is 8.41. The third-order valence-electron chi connectivity index (χ3n) is 3.70. The number of ether oxygens (including phenoxy) is 3. The highest BCUT2D eigenvalue weighted by atomic mass is 79.9. The maximum atomic E-state index is 11.6. The second-order valence-electron chi connectivity index (χ2n) is 5.76. The van der Waals surface area contributed by atoms with E-state index in [1.165, 1.54) is 26.0 Å². The van der Waals surface area contributed by atoms with Gasteiger partial charge in [-0.1, -0.05) is 42.1 Å². The largest absolute Gasteiger partial charge is 0.493 e. The number of carbonyl (C=O) groups excluding carboxylic acids is 1. The number of methoxy groups -OCH3 is 2. The predicted molar refractivity (Wildman–Crippen MR) is 120 cm³/mol. The molecule has 2 N–H and O–H groups in total. The van der Waals surface area contributed by atoms with Crippen molar-refractivity contribution in [2.45, 2.75) is 18.8 Å². The fraction of sp³-hybridized carbons (Fsp3) is 0.250. The molecule has 0 aliphatic heterocycles. The van der Waals surface area contributed by atoms with Gasteiger partial charge >= 0.3 is 5.97 Å². The average molecular weight is 480 g/mol. The molecule has 0 aromatic heterocycles. The summed E-state index contributed by atoms with van der Waals surface area (Å²) >= 11 is 4.86. The molecule has 7 nitrogen and oxygen atoms in total. The van der Waals surface area contributed by atoms with E-state index in [4.69, 9.17) is 15.2 Å². The average Bonchev–Trinajstić information content (AvgIpc) is 2.73. The molecule has 0 saturated heterocycles. The number of nitrogens with zero attached hydrogens (tertiary/aromatic N) is 2. The molecule has 154 valence electrons. The van der Waals surface area contributed by atoms with E-state index in [0.29, 0.717) is 32.5 Å².